The molecular formula is C21H17ClN2O3S. The second kappa shape index (κ2) is 7.30. The zero-order valence-electron chi connectivity index (χ0n) is 15.5. The third-order valence-electron chi connectivity index (χ3n) is 4.46. The van der Waals surface area contributed by atoms with Crippen LogP contribution in [-0.2, 0) is 0 Å². The predicted molar refractivity (Wildman–Crippen MR) is 114 cm³/mol. The van der Waals surface area contributed by atoms with E-state index in [2.05, 4.69) is 10.3 Å². The smallest absolute Gasteiger partial charge is 0.265 e. The number of nitrogens with zero attached hydrogens (tertiary/aromatic N) is 1. The van der Waals surface area contributed by atoms with Crippen molar-refractivity contribution in [2.45, 2.75) is 6.92 Å². The molecule has 0 atom stereocenters. The number of fused-ring (bicyclic) bond motifs is 2. The number of methoxy groups -OCH3 is 2. The van der Waals surface area contributed by atoms with Crippen LogP contribution in [0.4, 0.5) is 5.69 Å². The lowest BCUT2D eigenvalue weighted by Crippen LogP contribution is -2.11. The van der Waals surface area contributed by atoms with Gasteiger partial charge >= 0.3 is 0 Å². The molecule has 0 fully saturated rings. The van der Waals surface area contributed by atoms with Crippen molar-refractivity contribution >= 4 is 55.7 Å². The van der Waals surface area contributed by atoms with E-state index < -0.39 is 0 Å². The predicted octanol–water partition coefficient (Wildman–Crippen LogP) is 5.68. The van der Waals surface area contributed by atoms with Gasteiger partial charge in [0.2, 0.25) is 0 Å². The Bertz CT molecular complexity index is 1220. The van der Waals surface area contributed by atoms with Crippen molar-refractivity contribution in [2.24, 2.45) is 0 Å². The molecule has 5 nitrogen and oxygen atoms in total. The van der Waals surface area contributed by atoms with Gasteiger partial charge in [0, 0.05) is 27.9 Å². The number of thiophene rings is 1. The largest absolute Gasteiger partial charge is 0.497 e. The van der Waals surface area contributed by atoms with E-state index in [1.54, 1.807) is 26.4 Å². The zero-order chi connectivity index (χ0) is 19.8. The first kappa shape index (κ1) is 18.5. The fourth-order valence-corrected chi connectivity index (χ4v) is 4.03. The van der Waals surface area contributed by atoms with Crippen LogP contribution in [0.15, 0.2) is 42.5 Å². The Morgan fingerprint density at radius 3 is 2.64 bits per heavy atom. The van der Waals surface area contributed by atoms with Crippen LogP contribution in [-0.4, -0.2) is 25.1 Å². The van der Waals surface area contributed by atoms with Gasteiger partial charge in [0.15, 0.2) is 0 Å². The molecule has 4 rings (SSSR count). The Kier molecular flexibility index (Phi) is 4.83. The van der Waals surface area contributed by atoms with E-state index in [1.807, 2.05) is 37.3 Å². The molecule has 0 saturated heterocycles. The van der Waals surface area contributed by atoms with Crippen molar-refractivity contribution in [2.75, 3.05) is 19.5 Å². The molecule has 0 radical (unpaired) electrons. The maximum absolute atomic E-state index is 12.8. The monoisotopic (exact) mass is 412 g/mol. The summed E-state index contributed by atoms with van der Waals surface area (Å²) in [6.07, 6.45) is 0. The summed E-state index contributed by atoms with van der Waals surface area (Å²) in [6, 6.07) is 13.1. The number of rotatable bonds is 4. The molecule has 0 spiro atoms. The molecule has 0 saturated carbocycles. The van der Waals surface area contributed by atoms with Gasteiger partial charge in [0.05, 0.1) is 30.3 Å². The number of carbonyl (C=O) groups excluding carboxylic acids is 1. The standard InChI is InChI=1S/C21H17ClN2O3S/c1-11-6-17(18(27-3)10-15(11)22)23-20(25)19-8-13-7-12-4-5-14(26-2)9-16(12)24-21(13)28-19/h4-10H,1-3H3,(H,23,25). The lowest BCUT2D eigenvalue weighted by atomic mass is 10.2. The van der Waals surface area contributed by atoms with E-state index in [0.717, 1.165) is 32.4 Å². The summed E-state index contributed by atoms with van der Waals surface area (Å²) in [5, 5.41) is 5.41. The fraction of sp³-hybridized carbons (Fsp3) is 0.143. The van der Waals surface area contributed by atoms with Crippen molar-refractivity contribution in [3.05, 3.63) is 57.9 Å². The van der Waals surface area contributed by atoms with Crippen LogP contribution in [0.2, 0.25) is 5.02 Å². The summed E-state index contributed by atoms with van der Waals surface area (Å²) >= 11 is 7.48. The van der Waals surface area contributed by atoms with Gasteiger partial charge < -0.3 is 14.8 Å². The number of anilines is 1. The van der Waals surface area contributed by atoms with Crippen LogP contribution in [0.5, 0.6) is 11.5 Å². The average molecular weight is 413 g/mol. The fourth-order valence-electron chi connectivity index (χ4n) is 2.96. The molecule has 2 heterocycles. The Morgan fingerprint density at radius 2 is 1.89 bits per heavy atom. The first-order valence-electron chi connectivity index (χ1n) is 8.52. The number of aryl methyl sites for hydroxylation is 1. The van der Waals surface area contributed by atoms with Crippen LogP contribution >= 0.6 is 22.9 Å². The van der Waals surface area contributed by atoms with E-state index in [9.17, 15) is 4.79 Å². The van der Waals surface area contributed by atoms with Gasteiger partial charge in [0.25, 0.3) is 5.91 Å². The number of halogens is 1. The molecule has 2 aromatic carbocycles. The van der Waals surface area contributed by atoms with Crippen molar-refractivity contribution in [3.63, 3.8) is 0 Å². The number of carbonyl (C=O) groups is 1. The molecular weight excluding hydrogens is 396 g/mol. The third-order valence-corrected chi connectivity index (χ3v) is 5.91. The van der Waals surface area contributed by atoms with E-state index in [0.29, 0.717) is 21.3 Å². The number of hydrogen-bond donors (Lipinski definition) is 1. The minimum absolute atomic E-state index is 0.218. The van der Waals surface area contributed by atoms with Crippen LogP contribution in [0, 0.1) is 6.92 Å². The van der Waals surface area contributed by atoms with Gasteiger partial charge in [-0.1, -0.05) is 11.6 Å². The van der Waals surface area contributed by atoms with Crippen molar-refractivity contribution in [3.8, 4) is 11.5 Å². The molecule has 4 aromatic rings. The lowest BCUT2D eigenvalue weighted by Gasteiger charge is -2.11. The van der Waals surface area contributed by atoms with Gasteiger partial charge in [-0.3, -0.25) is 4.79 Å². The van der Waals surface area contributed by atoms with Crippen molar-refractivity contribution in [1.29, 1.82) is 0 Å². The summed E-state index contributed by atoms with van der Waals surface area (Å²) in [5.74, 6) is 1.05. The SMILES string of the molecule is COc1ccc2cc3cc(C(=O)Nc4cc(C)c(Cl)cc4OC)sc3nc2c1. The Morgan fingerprint density at radius 1 is 1.07 bits per heavy atom. The molecule has 1 N–H and O–H groups in total. The highest BCUT2D eigenvalue weighted by Gasteiger charge is 2.15. The molecule has 0 aliphatic carbocycles. The maximum atomic E-state index is 12.8. The number of nitrogens with one attached hydrogen (secondary N) is 1. The molecule has 1 amide bonds. The first-order chi connectivity index (χ1) is 13.5. The van der Waals surface area contributed by atoms with E-state index in [-0.39, 0.29) is 5.91 Å². The summed E-state index contributed by atoms with van der Waals surface area (Å²) < 4.78 is 10.6. The number of ether oxygens (including phenoxy) is 2. The summed E-state index contributed by atoms with van der Waals surface area (Å²) in [7, 11) is 3.17. The highest BCUT2D eigenvalue weighted by atomic mass is 35.5. The minimum Gasteiger partial charge on any atom is -0.497 e. The van der Waals surface area contributed by atoms with Gasteiger partial charge in [-0.2, -0.15) is 0 Å². The number of amides is 1. The van der Waals surface area contributed by atoms with E-state index in [4.69, 9.17) is 21.1 Å². The maximum Gasteiger partial charge on any atom is 0.265 e. The Hall–Kier alpha value is -2.83. The summed E-state index contributed by atoms with van der Waals surface area (Å²) in [4.78, 5) is 18.8. The van der Waals surface area contributed by atoms with Gasteiger partial charge in [-0.25, -0.2) is 4.98 Å². The average Bonchev–Trinajstić information content (AvgIpc) is 3.11. The van der Waals surface area contributed by atoms with Gasteiger partial charge in [-0.15, -0.1) is 11.3 Å². The number of hydrogen-bond acceptors (Lipinski definition) is 5. The molecule has 0 aliphatic heterocycles. The van der Waals surface area contributed by atoms with Crippen molar-refractivity contribution in [1.82, 2.24) is 4.98 Å². The highest BCUT2D eigenvalue weighted by Crippen LogP contribution is 2.33. The minimum atomic E-state index is -0.218. The number of benzene rings is 2. The van der Waals surface area contributed by atoms with Crippen molar-refractivity contribution < 1.29 is 14.3 Å². The second-order valence-corrected chi connectivity index (χ2v) is 7.75. The molecule has 142 valence electrons. The topological polar surface area (TPSA) is 60.5 Å². The number of pyridine rings is 1. The quantitative estimate of drug-likeness (QED) is 0.468. The van der Waals surface area contributed by atoms with Crippen LogP contribution in [0.25, 0.3) is 21.1 Å². The summed E-state index contributed by atoms with van der Waals surface area (Å²) in [6.45, 7) is 1.88. The van der Waals surface area contributed by atoms with Crippen LogP contribution in [0.1, 0.15) is 15.2 Å². The molecule has 0 unspecified atom stereocenters. The third kappa shape index (κ3) is 3.37. The second-order valence-electron chi connectivity index (χ2n) is 6.31. The lowest BCUT2D eigenvalue weighted by molar-refractivity contribution is 0.103. The molecule has 2 aromatic heterocycles. The molecule has 7 heteroatoms. The normalized spacial score (nSPS) is 11.0. The Balaban J connectivity index is 1.70. The highest BCUT2D eigenvalue weighted by molar-refractivity contribution is 7.20. The molecule has 28 heavy (non-hydrogen) atoms. The Labute approximate surface area is 170 Å². The van der Waals surface area contributed by atoms with E-state index >= 15 is 0 Å². The first-order valence-corrected chi connectivity index (χ1v) is 9.72. The van der Waals surface area contributed by atoms with Gasteiger partial charge in [-0.05, 0) is 42.8 Å². The zero-order valence-corrected chi connectivity index (χ0v) is 17.1. The van der Waals surface area contributed by atoms with Crippen LogP contribution in [0.3, 0.4) is 0 Å². The molecule has 0 aliphatic rings. The van der Waals surface area contributed by atoms with Gasteiger partial charge in [0.1, 0.15) is 16.3 Å². The molecule has 0 bridgehead atoms. The van der Waals surface area contributed by atoms with Crippen LogP contribution < -0.4 is 14.8 Å². The van der Waals surface area contributed by atoms with E-state index in [1.165, 1.54) is 11.3 Å². The number of aromatic nitrogens is 1. The summed E-state index contributed by atoms with van der Waals surface area (Å²) in [5.41, 5.74) is 2.27.